The van der Waals surface area contributed by atoms with Gasteiger partial charge in [-0.05, 0) is 17.0 Å². The molecule has 80 valence electrons. The van der Waals surface area contributed by atoms with E-state index < -0.39 is 0 Å². The lowest BCUT2D eigenvalue weighted by Crippen LogP contribution is -1.92. The maximum absolute atomic E-state index is 5.47. The molecule has 2 aromatic carbocycles. The van der Waals surface area contributed by atoms with E-state index in [0.29, 0.717) is 0 Å². The molecule has 1 nitrogen and oxygen atoms in total. The largest absolute Gasteiger partial charge is 0.495 e. The number of fused-ring (bicyclic) bond motifs is 1. The summed E-state index contributed by atoms with van der Waals surface area (Å²) in [6, 6.07) is 10.2. The van der Waals surface area contributed by atoms with Crippen molar-refractivity contribution in [3.8, 4) is 5.75 Å². The van der Waals surface area contributed by atoms with Gasteiger partial charge < -0.3 is 4.74 Å². The van der Waals surface area contributed by atoms with E-state index in [1.54, 1.807) is 7.11 Å². The summed E-state index contributed by atoms with van der Waals surface area (Å²) in [4.78, 5) is 0. The third-order valence-electron chi connectivity index (χ3n) is 2.70. The molecule has 0 heterocycles. The summed E-state index contributed by atoms with van der Waals surface area (Å²) in [5.41, 5.74) is 2.04. The van der Waals surface area contributed by atoms with Crippen LogP contribution < -0.4 is 4.74 Å². The Bertz CT molecular complexity index is 553. The Hall–Kier alpha value is -2.02. The lowest BCUT2D eigenvalue weighted by Gasteiger charge is -2.12. The van der Waals surface area contributed by atoms with Gasteiger partial charge in [-0.2, -0.15) is 0 Å². The van der Waals surface area contributed by atoms with Crippen LogP contribution in [0, 0.1) is 0 Å². The minimum absolute atomic E-state index is 0.864. The fourth-order valence-electron chi connectivity index (χ4n) is 1.95. The maximum Gasteiger partial charge on any atom is 0.134 e. The van der Waals surface area contributed by atoms with Crippen molar-refractivity contribution in [1.29, 1.82) is 0 Å². The van der Waals surface area contributed by atoms with Crippen LogP contribution >= 0.6 is 0 Å². The number of methoxy groups -OCH3 is 1. The van der Waals surface area contributed by atoms with Crippen molar-refractivity contribution in [1.82, 2.24) is 0 Å². The van der Waals surface area contributed by atoms with Crippen LogP contribution in [0.5, 0.6) is 5.75 Å². The van der Waals surface area contributed by atoms with Crippen LogP contribution in [0.15, 0.2) is 43.5 Å². The molecule has 0 unspecified atom stereocenters. The van der Waals surface area contributed by atoms with Gasteiger partial charge in [0.2, 0.25) is 0 Å². The van der Waals surface area contributed by atoms with Gasteiger partial charge in [0.05, 0.1) is 7.11 Å². The Morgan fingerprint density at radius 3 is 2.50 bits per heavy atom. The molecule has 0 saturated carbocycles. The molecule has 0 aliphatic rings. The Morgan fingerprint density at radius 1 is 1.12 bits per heavy atom. The second-order valence-corrected chi connectivity index (χ2v) is 3.54. The highest BCUT2D eigenvalue weighted by Gasteiger charge is 2.09. The van der Waals surface area contributed by atoms with Crippen molar-refractivity contribution in [3.63, 3.8) is 0 Å². The van der Waals surface area contributed by atoms with E-state index in [1.807, 2.05) is 30.4 Å². The highest BCUT2D eigenvalue weighted by atomic mass is 16.5. The SMILES string of the molecule is C=Cc1cc2ccccc2c(OC)c1C=C. The predicted molar refractivity (Wildman–Crippen MR) is 70.7 cm³/mol. The number of ether oxygens (including phenoxy) is 1. The first-order chi connectivity index (χ1) is 7.81. The first-order valence-electron chi connectivity index (χ1n) is 5.16. The van der Waals surface area contributed by atoms with E-state index in [1.165, 1.54) is 0 Å². The molecule has 0 N–H and O–H groups in total. The molecular formula is C15H14O. The van der Waals surface area contributed by atoms with E-state index >= 15 is 0 Å². The molecule has 0 aliphatic heterocycles. The van der Waals surface area contributed by atoms with Gasteiger partial charge in [-0.15, -0.1) is 0 Å². The van der Waals surface area contributed by atoms with Gasteiger partial charge in [-0.1, -0.05) is 49.6 Å². The molecule has 0 aromatic heterocycles. The van der Waals surface area contributed by atoms with Crippen molar-refractivity contribution in [2.24, 2.45) is 0 Å². The smallest absolute Gasteiger partial charge is 0.134 e. The van der Waals surface area contributed by atoms with Crippen LogP contribution in [0.3, 0.4) is 0 Å². The topological polar surface area (TPSA) is 9.23 Å². The van der Waals surface area contributed by atoms with E-state index in [-0.39, 0.29) is 0 Å². The molecule has 1 heteroatoms. The van der Waals surface area contributed by atoms with Gasteiger partial charge in [0.15, 0.2) is 0 Å². The molecule has 2 rings (SSSR count). The first kappa shape index (κ1) is 10.5. The van der Waals surface area contributed by atoms with Gasteiger partial charge >= 0.3 is 0 Å². The predicted octanol–water partition coefficient (Wildman–Crippen LogP) is 4.13. The molecule has 0 aliphatic carbocycles. The minimum atomic E-state index is 0.864. The van der Waals surface area contributed by atoms with Crippen LogP contribution in [0.1, 0.15) is 11.1 Å². The molecule has 0 radical (unpaired) electrons. The second kappa shape index (κ2) is 4.23. The summed E-state index contributed by atoms with van der Waals surface area (Å²) in [6.07, 6.45) is 3.63. The Balaban J connectivity index is 2.93. The van der Waals surface area contributed by atoms with Crippen molar-refractivity contribution in [2.45, 2.75) is 0 Å². The zero-order chi connectivity index (χ0) is 11.5. The van der Waals surface area contributed by atoms with Crippen LogP contribution in [-0.2, 0) is 0 Å². The number of rotatable bonds is 3. The van der Waals surface area contributed by atoms with Crippen molar-refractivity contribution in [3.05, 3.63) is 54.6 Å². The molecule has 2 aromatic rings. The second-order valence-electron chi connectivity index (χ2n) is 3.54. The van der Waals surface area contributed by atoms with E-state index in [4.69, 9.17) is 4.74 Å². The van der Waals surface area contributed by atoms with Crippen molar-refractivity contribution in [2.75, 3.05) is 7.11 Å². The normalized spacial score (nSPS) is 10.1. The highest BCUT2D eigenvalue weighted by Crippen LogP contribution is 2.33. The van der Waals surface area contributed by atoms with E-state index in [2.05, 4.69) is 25.3 Å². The molecule has 0 bridgehead atoms. The summed E-state index contributed by atoms with van der Waals surface area (Å²) in [5.74, 6) is 0.864. The third kappa shape index (κ3) is 1.50. The molecular weight excluding hydrogens is 196 g/mol. The lowest BCUT2D eigenvalue weighted by atomic mass is 9.99. The standard InChI is InChI=1S/C15H14O/c1-4-11-10-12-8-6-7-9-14(12)15(16-3)13(11)5-2/h4-10H,1-2H2,3H3. The average molecular weight is 210 g/mol. The third-order valence-corrected chi connectivity index (χ3v) is 2.70. The van der Waals surface area contributed by atoms with Crippen LogP contribution in [-0.4, -0.2) is 7.11 Å². The molecule has 0 amide bonds. The lowest BCUT2D eigenvalue weighted by molar-refractivity contribution is 0.419. The molecule has 0 fully saturated rings. The van der Waals surface area contributed by atoms with E-state index in [0.717, 1.165) is 27.6 Å². The van der Waals surface area contributed by atoms with Crippen LogP contribution in [0.2, 0.25) is 0 Å². The van der Waals surface area contributed by atoms with Gasteiger partial charge in [0, 0.05) is 10.9 Å². The van der Waals surface area contributed by atoms with Gasteiger partial charge in [0.1, 0.15) is 5.75 Å². The summed E-state index contributed by atoms with van der Waals surface area (Å²) in [7, 11) is 1.68. The fraction of sp³-hybridized carbons (Fsp3) is 0.0667. The number of hydrogen-bond donors (Lipinski definition) is 0. The summed E-state index contributed by atoms with van der Waals surface area (Å²) in [6.45, 7) is 7.65. The Kier molecular flexibility index (Phi) is 2.78. The first-order valence-corrected chi connectivity index (χ1v) is 5.16. The fourth-order valence-corrected chi connectivity index (χ4v) is 1.95. The maximum atomic E-state index is 5.47. The van der Waals surface area contributed by atoms with E-state index in [9.17, 15) is 0 Å². The quantitative estimate of drug-likeness (QED) is 0.740. The van der Waals surface area contributed by atoms with Gasteiger partial charge in [-0.3, -0.25) is 0 Å². The van der Waals surface area contributed by atoms with Crippen LogP contribution in [0.25, 0.3) is 22.9 Å². The average Bonchev–Trinajstić information content (AvgIpc) is 2.36. The summed E-state index contributed by atoms with van der Waals surface area (Å²) >= 11 is 0. The van der Waals surface area contributed by atoms with Crippen molar-refractivity contribution < 1.29 is 4.74 Å². The summed E-state index contributed by atoms with van der Waals surface area (Å²) < 4.78 is 5.47. The molecule has 0 saturated heterocycles. The van der Waals surface area contributed by atoms with Gasteiger partial charge in [0.25, 0.3) is 0 Å². The highest BCUT2D eigenvalue weighted by molar-refractivity contribution is 5.94. The Labute approximate surface area is 95.7 Å². The van der Waals surface area contributed by atoms with Crippen molar-refractivity contribution >= 4 is 22.9 Å². The Morgan fingerprint density at radius 2 is 1.88 bits per heavy atom. The zero-order valence-electron chi connectivity index (χ0n) is 9.36. The molecule has 0 spiro atoms. The van der Waals surface area contributed by atoms with Crippen LogP contribution in [0.4, 0.5) is 0 Å². The zero-order valence-corrected chi connectivity index (χ0v) is 9.36. The molecule has 16 heavy (non-hydrogen) atoms. The van der Waals surface area contributed by atoms with Gasteiger partial charge in [-0.25, -0.2) is 0 Å². The summed E-state index contributed by atoms with van der Waals surface area (Å²) in [5, 5.41) is 2.25. The monoisotopic (exact) mass is 210 g/mol. The number of hydrogen-bond acceptors (Lipinski definition) is 1. The minimum Gasteiger partial charge on any atom is -0.495 e. The molecule has 0 atom stereocenters. The number of benzene rings is 2.